The zero-order valence-electron chi connectivity index (χ0n) is 26.4. The van der Waals surface area contributed by atoms with E-state index in [4.69, 9.17) is 9.97 Å². The van der Waals surface area contributed by atoms with Gasteiger partial charge in [-0.2, -0.15) is 0 Å². The van der Waals surface area contributed by atoms with Gasteiger partial charge in [-0.05, 0) is 70.8 Å². The summed E-state index contributed by atoms with van der Waals surface area (Å²) in [6.45, 7) is 0. The second kappa shape index (κ2) is 13.0. The molecule has 2 aliphatic rings. The molecule has 0 saturated heterocycles. The van der Waals surface area contributed by atoms with Gasteiger partial charge >= 0.3 is 0 Å². The van der Waals surface area contributed by atoms with Crippen LogP contribution < -0.4 is 0 Å². The molecular formula is C44H30N4Re. The number of aromatic nitrogens is 4. The minimum atomic E-state index is 0. The third kappa shape index (κ3) is 5.60. The topological polar surface area (TPSA) is 57.4 Å². The molecule has 0 unspecified atom stereocenters. The number of fused-ring (bicyclic) bond motifs is 8. The Morgan fingerprint density at radius 3 is 0.735 bits per heavy atom. The molecule has 0 saturated carbocycles. The second-order valence-electron chi connectivity index (χ2n) is 12.0. The fourth-order valence-electron chi connectivity index (χ4n) is 6.84. The van der Waals surface area contributed by atoms with Crippen LogP contribution in [0.25, 0.3) is 90.9 Å². The molecule has 2 N–H and O–H groups in total. The van der Waals surface area contributed by atoms with Gasteiger partial charge in [0.25, 0.3) is 0 Å². The Kier molecular flexibility index (Phi) is 8.07. The summed E-state index contributed by atoms with van der Waals surface area (Å²) < 4.78 is 0. The SMILES string of the molecule is C1=Cc2nc1c(-c1ccccc1)c1ccc([nH]1)c(-c1ccccc1)c1nc(c(-c3ccccc3)c3ccc([nH]3)c2-c2ccccc2)C=C1.[Re]. The van der Waals surface area contributed by atoms with Crippen molar-refractivity contribution in [1.82, 2.24) is 19.9 Å². The van der Waals surface area contributed by atoms with Gasteiger partial charge < -0.3 is 9.97 Å². The number of nitrogens with zero attached hydrogens (tertiary/aromatic N) is 2. The Balaban J connectivity index is 0.00000348. The summed E-state index contributed by atoms with van der Waals surface area (Å²) in [6, 6.07) is 50.7. The van der Waals surface area contributed by atoms with E-state index < -0.39 is 0 Å². The Morgan fingerprint density at radius 1 is 0.286 bits per heavy atom. The normalized spacial score (nSPS) is 11.8. The molecule has 5 heteroatoms. The molecule has 9 rings (SSSR count). The number of hydrogen-bond donors (Lipinski definition) is 2. The molecule has 7 aromatic rings. The van der Waals surface area contributed by atoms with Crippen molar-refractivity contribution in [2.45, 2.75) is 0 Å². The molecule has 4 nitrogen and oxygen atoms in total. The predicted molar refractivity (Wildman–Crippen MR) is 201 cm³/mol. The maximum atomic E-state index is 5.35. The first-order valence-electron chi connectivity index (χ1n) is 16.2. The third-order valence-corrected chi connectivity index (χ3v) is 9.00. The largest absolute Gasteiger partial charge is 0.354 e. The number of rotatable bonds is 4. The Bertz CT molecular complexity index is 2180. The number of nitrogens with one attached hydrogen (secondary N) is 2. The Labute approximate surface area is 298 Å². The van der Waals surface area contributed by atoms with E-state index in [-0.39, 0.29) is 20.4 Å². The van der Waals surface area contributed by atoms with Crippen LogP contribution in [0.4, 0.5) is 0 Å². The van der Waals surface area contributed by atoms with Crippen LogP contribution in [0.2, 0.25) is 0 Å². The van der Waals surface area contributed by atoms with Crippen LogP contribution in [0.1, 0.15) is 22.8 Å². The van der Waals surface area contributed by atoms with Gasteiger partial charge in [-0.3, -0.25) is 0 Å². The van der Waals surface area contributed by atoms with E-state index in [9.17, 15) is 0 Å². The van der Waals surface area contributed by atoms with Gasteiger partial charge in [-0.25, -0.2) is 9.97 Å². The standard InChI is InChI=1S/C44H30N4.Re/c1-5-13-29(14-6-1)41-33-21-23-35(45-33)42(30-15-7-2-8-16-30)37-25-27-39(47-37)44(32-19-11-4-12-20-32)40-28-26-38(48-40)43(31-17-9-3-10-18-31)36-24-22-34(41)46-36;/h1-28,45,48H;. The van der Waals surface area contributed by atoms with Crippen LogP contribution in [0.3, 0.4) is 0 Å². The second-order valence-corrected chi connectivity index (χ2v) is 12.0. The van der Waals surface area contributed by atoms with Gasteiger partial charge in [0.1, 0.15) is 0 Å². The van der Waals surface area contributed by atoms with Crippen LogP contribution >= 0.6 is 0 Å². The van der Waals surface area contributed by atoms with Crippen molar-refractivity contribution >= 4 is 46.4 Å². The molecule has 3 aromatic heterocycles. The number of H-pyrrole nitrogens is 2. The average Bonchev–Trinajstić information content (AvgIpc) is 3.98. The van der Waals surface area contributed by atoms with E-state index in [0.29, 0.717) is 0 Å². The van der Waals surface area contributed by atoms with E-state index in [2.05, 4.69) is 156 Å². The van der Waals surface area contributed by atoms with Crippen molar-refractivity contribution in [1.29, 1.82) is 0 Å². The summed E-state index contributed by atoms with van der Waals surface area (Å²) >= 11 is 0. The van der Waals surface area contributed by atoms with Gasteiger partial charge in [0.15, 0.2) is 0 Å². The zero-order valence-corrected chi connectivity index (χ0v) is 29.2. The zero-order chi connectivity index (χ0) is 31.9. The van der Waals surface area contributed by atoms with E-state index in [1.54, 1.807) is 0 Å². The molecule has 233 valence electrons. The molecule has 0 atom stereocenters. The van der Waals surface area contributed by atoms with Crippen LogP contribution in [0.15, 0.2) is 146 Å². The molecule has 5 heterocycles. The Morgan fingerprint density at radius 2 is 0.510 bits per heavy atom. The molecule has 0 fully saturated rings. The van der Waals surface area contributed by atoms with Gasteiger partial charge in [0.2, 0.25) is 0 Å². The van der Waals surface area contributed by atoms with Gasteiger partial charge in [-0.15, -0.1) is 0 Å². The number of hydrogen-bond acceptors (Lipinski definition) is 2. The summed E-state index contributed by atoms with van der Waals surface area (Å²) in [7, 11) is 0. The van der Waals surface area contributed by atoms with Crippen molar-refractivity contribution in [3.63, 3.8) is 0 Å². The van der Waals surface area contributed by atoms with E-state index >= 15 is 0 Å². The summed E-state index contributed by atoms with van der Waals surface area (Å²) in [5.41, 5.74) is 16.2. The maximum absolute atomic E-state index is 5.35. The average molecular weight is 801 g/mol. The fraction of sp³-hybridized carbons (Fsp3) is 0. The molecule has 1 radical (unpaired) electrons. The number of aromatic amines is 2. The van der Waals surface area contributed by atoms with Gasteiger partial charge in [0, 0.05) is 64.7 Å². The van der Waals surface area contributed by atoms with Gasteiger partial charge in [0.05, 0.1) is 22.8 Å². The van der Waals surface area contributed by atoms with Gasteiger partial charge in [-0.1, -0.05) is 121 Å². The van der Waals surface area contributed by atoms with Crippen LogP contribution in [-0.4, -0.2) is 19.9 Å². The first kappa shape index (κ1) is 30.5. The molecule has 49 heavy (non-hydrogen) atoms. The molecular weight excluding hydrogens is 771 g/mol. The van der Waals surface area contributed by atoms with E-state index in [0.717, 1.165) is 89.4 Å². The smallest absolute Gasteiger partial charge is 0.0737 e. The molecule has 2 aliphatic heterocycles. The molecule has 8 bridgehead atoms. The Hall–Kier alpha value is -5.86. The quantitative estimate of drug-likeness (QED) is 0.186. The number of benzene rings is 4. The molecule has 0 amide bonds. The van der Waals surface area contributed by atoms with Crippen molar-refractivity contribution in [2.24, 2.45) is 0 Å². The summed E-state index contributed by atoms with van der Waals surface area (Å²) in [4.78, 5) is 18.3. The fourth-order valence-corrected chi connectivity index (χ4v) is 6.84. The van der Waals surface area contributed by atoms with Crippen molar-refractivity contribution in [3.8, 4) is 44.5 Å². The molecule has 0 aliphatic carbocycles. The molecule has 0 spiro atoms. The summed E-state index contributed by atoms with van der Waals surface area (Å²) in [5.74, 6) is 0. The third-order valence-electron chi connectivity index (χ3n) is 9.00. The van der Waals surface area contributed by atoms with Crippen molar-refractivity contribution < 1.29 is 20.4 Å². The monoisotopic (exact) mass is 801 g/mol. The molecule has 4 aromatic carbocycles. The summed E-state index contributed by atoms with van der Waals surface area (Å²) in [6.07, 6.45) is 8.54. The summed E-state index contributed by atoms with van der Waals surface area (Å²) in [5, 5.41) is 0. The van der Waals surface area contributed by atoms with E-state index in [1.807, 2.05) is 24.3 Å². The maximum Gasteiger partial charge on any atom is 0.0737 e. The van der Waals surface area contributed by atoms with Crippen molar-refractivity contribution in [2.75, 3.05) is 0 Å². The van der Waals surface area contributed by atoms with Crippen LogP contribution in [0, 0.1) is 0 Å². The predicted octanol–water partition coefficient (Wildman–Crippen LogP) is 11.3. The van der Waals surface area contributed by atoms with Crippen LogP contribution in [0.5, 0.6) is 0 Å². The minimum Gasteiger partial charge on any atom is -0.354 e. The first-order valence-corrected chi connectivity index (χ1v) is 16.2. The minimum absolute atomic E-state index is 0. The van der Waals surface area contributed by atoms with Crippen molar-refractivity contribution in [3.05, 3.63) is 168 Å². The van der Waals surface area contributed by atoms with E-state index in [1.165, 1.54) is 0 Å². The first-order chi connectivity index (χ1) is 23.8. The van der Waals surface area contributed by atoms with Crippen LogP contribution in [-0.2, 0) is 20.4 Å².